The van der Waals surface area contributed by atoms with Crippen LogP contribution in [0, 0.1) is 13.8 Å². The molecule has 0 radical (unpaired) electrons. The summed E-state index contributed by atoms with van der Waals surface area (Å²) in [5.74, 6) is -0.451. The predicted octanol–water partition coefficient (Wildman–Crippen LogP) is 6.63. The van der Waals surface area contributed by atoms with E-state index >= 15 is 0 Å². The lowest BCUT2D eigenvalue weighted by Gasteiger charge is -2.27. The van der Waals surface area contributed by atoms with Crippen molar-refractivity contribution in [2.24, 2.45) is 0 Å². The Bertz CT molecular complexity index is 1410. The molecule has 6 heteroatoms. The third-order valence-corrected chi connectivity index (χ3v) is 6.72. The summed E-state index contributed by atoms with van der Waals surface area (Å²) in [7, 11) is 1.55. The van der Waals surface area contributed by atoms with Crippen molar-refractivity contribution in [3.63, 3.8) is 0 Å². The number of hydrogen-bond donors (Lipinski definition) is 1. The van der Waals surface area contributed by atoms with Gasteiger partial charge in [0.25, 0.3) is 11.7 Å². The van der Waals surface area contributed by atoms with Crippen LogP contribution in [0.1, 0.15) is 61.6 Å². The molecule has 0 saturated carbocycles. The molecule has 1 saturated heterocycles. The summed E-state index contributed by atoms with van der Waals surface area (Å²) in [5.41, 5.74) is 4.18. The van der Waals surface area contributed by atoms with Crippen molar-refractivity contribution in [2.45, 2.75) is 53.0 Å². The second-order valence-corrected chi connectivity index (χ2v) is 10.7. The van der Waals surface area contributed by atoms with Crippen LogP contribution in [-0.2, 0) is 15.0 Å². The summed E-state index contributed by atoms with van der Waals surface area (Å²) in [6.07, 6.45) is 0. The van der Waals surface area contributed by atoms with Crippen LogP contribution in [0.5, 0.6) is 11.5 Å². The van der Waals surface area contributed by atoms with E-state index in [0.717, 1.165) is 16.7 Å². The fourth-order valence-electron chi connectivity index (χ4n) is 5.08. The van der Waals surface area contributed by atoms with Crippen molar-refractivity contribution in [1.82, 2.24) is 0 Å². The normalized spacial score (nSPS) is 17.1. The van der Waals surface area contributed by atoms with Crippen LogP contribution < -0.4 is 14.4 Å². The highest BCUT2D eigenvalue weighted by molar-refractivity contribution is 6.51. The van der Waals surface area contributed by atoms with Gasteiger partial charge in [-0.15, -0.1) is 0 Å². The first kappa shape index (κ1) is 27.0. The van der Waals surface area contributed by atoms with Crippen molar-refractivity contribution >= 4 is 23.1 Å². The van der Waals surface area contributed by atoms with Gasteiger partial charge in [0.2, 0.25) is 0 Å². The molecule has 0 aromatic heterocycles. The van der Waals surface area contributed by atoms with Crippen LogP contribution in [-0.4, -0.2) is 30.5 Å². The molecule has 3 aromatic rings. The van der Waals surface area contributed by atoms with Crippen LogP contribution in [0.4, 0.5) is 5.69 Å². The van der Waals surface area contributed by atoms with E-state index in [0.29, 0.717) is 34.9 Å². The molecule has 1 fully saturated rings. The maximum Gasteiger partial charge on any atom is 0.300 e. The van der Waals surface area contributed by atoms with Gasteiger partial charge in [0.05, 0.1) is 25.3 Å². The average Bonchev–Trinajstić information content (AvgIpc) is 3.12. The highest BCUT2D eigenvalue weighted by Crippen LogP contribution is 2.45. The maximum absolute atomic E-state index is 13.6. The zero-order chi connectivity index (χ0) is 27.8. The number of ether oxygens (including phenoxy) is 2. The number of rotatable bonds is 6. The second-order valence-electron chi connectivity index (χ2n) is 10.7. The molecule has 3 aromatic carbocycles. The number of carbonyl (C=O) groups excluding carboxylic acids is 2. The van der Waals surface area contributed by atoms with Gasteiger partial charge in [-0.05, 0) is 73.7 Å². The first-order valence-electron chi connectivity index (χ1n) is 12.8. The van der Waals surface area contributed by atoms with Crippen molar-refractivity contribution in [3.05, 3.63) is 94.1 Å². The Balaban J connectivity index is 2.00. The quantitative estimate of drug-likeness (QED) is 0.227. The molecule has 1 atom stereocenters. The molecule has 0 spiro atoms. The third-order valence-electron chi connectivity index (χ3n) is 6.72. The Kier molecular flexibility index (Phi) is 7.36. The van der Waals surface area contributed by atoms with E-state index in [1.54, 1.807) is 25.3 Å². The van der Waals surface area contributed by atoms with Gasteiger partial charge in [0.1, 0.15) is 17.3 Å². The van der Waals surface area contributed by atoms with E-state index in [-0.39, 0.29) is 16.7 Å². The van der Waals surface area contributed by atoms with Gasteiger partial charge in [-0.1, -0.05) is 45.0 Å². The number of Topliss-reactive ketones (excluding diaryl/α,β-unsaturated/α-hetero) is 1. The molecule has 1 amide bonds. The Morgan fingerprint density at radius 3 is 2.21 bits per heavy atom. The Labute approximate surface area is 224 Å². The molecule has 0 aliphatic carbocycles. The minimum atomic E-state index is -0.878. The zero-order valence-corrected chi connectivity index (χ0v) is 23.1. The lowest BCUT2D eigenvalue weighted by Crippen LogP contribution is -2.29. The number of hydrogen-bond acceptors (Lipinski definition) is 5. The minimum absolute atomic E-state index is 0.0164. The summed E-state index contributed by atoms with van der Waals surface area (Å²) in [5, 5.41) is 11.7. The minimum Gasteiger partial charge on any atom is -0.507 e. The lowest BCUT2D eigenvalue weighted by molar-refractivity contribution is -0.132. The van der Waals surface area contributed by atoms with Gasteiger partial charge in [-0.2, -0.15) is 0 Å². The monoisotopic (exact) mass is 513 g/mol. The molecule has 1 aliphatic heterocycles. The summed E-state index contributed by atoms with van der Waals surface area (Å²) in [6.45, 7) is 12.5. The molecular formula is C32H35NO5. The van der Waals surface area contributed by atoms with Crippen LogP contribution in [0.2, 0.25) is 0 Å². The Hall–Kier alpha value is -4.06. The number of ketones is 1. The number of anilines is 1. The summed E-state index contributed by atoms with van der Waals surface area (Å²) >= 11 is 0. The highest BCUT2D eigenvalue weighted by Gasteiger charge is 2.48. The van der Waals surface area contributed by atoms with E-state index in [1.165, 1.54) is 4.90 Å². The SMILES string of the molecule is CCOc1ccc(/C(O)=C2\C(=O)C(=O)N(c3cc(C)cc(C)c3)C2c2ccccc2OC)cc1C(C)(C)C. The molecule has 1 unspecified atom stereocenters. The van der Waals surface area contributed by atoms with Crippen LogP contribution >= 0.6 is 0 Å². The number of aliphatic hydroxyl groups excluding tert-OH is 1. The highest BCUT2D eigenvalue weighted by atomic mass is 16.5. The second kappa shape index (κ2) is 10.4. The first-order valence-corrected chi connectivity index (χ1v) is 12.8. The lowest BCUT2D eigenvalue weighted by atomic mass is 9.84. The van der Waals surface area contributed by atoms with Crippen LogP contribution in [0.15, 0.2) is 66.2 Å². The standard InChI is InChI=1S/C32H35NO5/c1-8-38-26-14-13-21(18-24(26)32(4,5)6)29(34)27-28(23-11-9-10-12-25(23)37-7)33(31(36)30(27)35)22-16-19(2)15-20(3)17-22/h9-18,28,34H,8H2,1-7H3/b29-27+. The number of amides is 1. The molecule has 6 nitrogen and oxygen atoms in total. The van der Waals surface area contributed by atoms with Gasteiger partial charge in [0, 0.05) is 22.4 Å². The number of aliphatic hydroxyl groups is 1. The first-order chi connectivity index (χ1) is 18.0. The molecule has 1 aliphatic rings. The van der Waals surface area contributed by atoms with E-state index < -0.39 is 17.7 Å². The number of methoxy groups -OCH3 is 1. The van der Waals surface area contributed by atoms with Crippen LogP contribution in [0.3, 0.4) is 0 Å². The smallest absolute Gasteiger partial charge is 0.300 e. The van der Waals surface area contributed by atoms with Gasteiger partial charge in [0.15, 0.2) is 0 Å². The fourth-order valence-corrected chi connectivity index (χ4v) is 5.08. The number of aryl methyl sites for hydroxylation is 2. The summed E-state index contributed by atoms with van der Waals surface area (Å²) in [6, 6.07) is 17.5. The predicted molar refractivity (Wildman–Crippen MR) is 150 cm³/mol. The zero-order valence-electron chi connectivity index (χ0n) is 23.1. The van der Waals surface area contributed by atoms with Gasteiger partial charge < -0.3 is 14.6 Å². The van der Waals surface area contributed by atoms with Crippen molar-refractivity contribution in [2.75, 3.05) is 18.6 Å². The molecular weight excluding hydrogens is 478 g/mol. The van der Waals surface area contributed by atoms with Gasteiger partial charge in [-0.25, -0.2) is 0 Å². The maximum atomic E-state index is 13.6. The molecule has 4 rings (SSSR count). The van der Waals surface area contributed by atoms with Gasteiger partial charge >= 0.3 is 0 Å². The van der Waals surface area contributed by atoms with Crippen molar-refractivity contribution in [1.29, 1.82) is 0 Å². The summed E-state index contributed by atoms with van der Waals surface area (Å²) < 4.78 is 11.5. The third kappa shape index (κ3) is 4.91. The largest absolute Gasteiger partial charge is 0.507 e. The molecule has 0 bridgehead atoms. The molecule has 1 heterocycles. The van der Waals surface area contributed by atoms with Gasteiger partial charge in [-0.3, -0.25) is 14.5 Å². The Morgan fingerprint density at radius 1 is 0.947 bits per heavy atom. The van der Waals surface area contributed by atoms with E-state index in [9.17, 15) is 14.7 Å². The van der Waals surface area contributed by atoms with Crippen LogP contribution in [0.25, 0.3) is 5.76 Å². The fraction of sp³-hybridized carbons (Fsp3) is 0.312. The summed E-state index contributed by atoms with van der Waals surface area (Å²) in [4.78, 5) is 28.7. The van der Waals surface area contributed by atoms with Crippen molar-refractivity contribution in [3.8, 4) is 11.5 Å². The van der Waals surface area contributed by atoms with E-state index in [4.69, 9.17) is 9.47 Å². The Morgan fingerprint density at radius 2 is 1.61 bits per heavy atom. The number of carbonyl (C=O) groups is 2. The molecule has 38 heavy (non-hydrogen) atoms. The average molecular weight is 514 g/mol. The molecule has 198 valence electrons. The number of para-hydroxylation sites is 1. The van der Waals surface area contributed by atoms with E-state index in [2.05, 4.69) is 20.8 Å². The number of nitrogens with zero attached hydrogens (tertiary/aromatic N) is 1. The van der Waals surface area contributed by atoms with Crippen molar-refractivity contribution < 1.29 is 24.2 Å². The number of benzene rings is 3. The topological polar surface area (TPSA) is 76.1 Å². The molecule has 1 N–H and O–H groups in total. The van der Waals surface area contributed by atoms with E-state index in [1.807, 2.05) is 63.2 Å².